The Balaban J connectivity index is 1.79. The summed E-state index contributed by atoms with van der Waals surface area (Å²) in [6.07, 6.45) is 1.79. The fourth-order valence-corrected chi connectivity index (χ4v) is 2.21. The minimum absolute atomic E-state index is 0.303. The number of hydrogen-bond donors (Lipinski definition) is 1. The van der Waals surface area contributed by atoms with Crippen LogP contribution in [0.3, 0.4) is 0 Å². The zero-order chi connectivity index (χ0) is 13.7. The number of rotatable bonds is 5. The molecular weight excluding hydrogens is 309 g/mol. The van der Waals surface area contributed by atoms with Crippen molar-refractivity contribution in [3.8, 4) is 5.75 Å². The summed E-state index contributed by atoms with van der Waals surface area (Å²) in [5.41, 5.74) is 7.61. The average molecular weight is 324 g/mol. The van der Waals surface area contributed by atoms with Crippen molar-refractivity contribution in [3.05, 3.63) is 58.3 Å². The highest BCUT2D eigenvalue weighted by Crippen LogP contribution is 2.20. The molecule has 2 aromatic rings. The highest BCUT2D eigenvalue weighted by molar-refractivity contribution is 9.10. The summed E-state index contributed by atoms with van der Waals surface area (Å²) in [5.74, 6) is 0.243. The lowest BCUT2D eigenvalue weighted by Crippen LogP contribution is -2.00. The van der Waals surface area contributed by atoms with Gasteiger partial charge in [0, 0.05) is 16.2 Å². The highest BCUT2D eigenvalue weighted by atomic mass is 79.9. The van der Waals surface area contributed by atoms with Crippen molar-refractivity contribution in [2.24, 2.45) is 0 Å². The molecule has 0 aromatic heterocycles. The molecule has 2 N–H and O–H groups in total. The van der Waals surface area contributed by atoms with E-state index in [4.69, 9.17) is 10.5 Å². The van der Waals surface area contributed by atoms with Gasteiger partial charge in [0.1, 0.15) is 11.6 Å². The Morgan fingerprint density at radius 1 is 1.11 bits per heavy atom. The molecule has 0 saturated heterocycles. The summed E-state index contributed by atoms with van der Waals surface area (Å²) in [6.45, 7) is 0.556. The monoisotopic (exact) mass is 323 g/mol. The van der Waals surface area contributed by atoms with Gasteiger partial charge in [-0.05, 0) is 42.7 Å². The molecule has 4 heteroatoms. The van der Waals surface area contributed by atoms with Crippen LogP contribution in [0.1, 0.15) is 12.0 Å². The Hall–Kier alpha value is -1.55. The maximum atomic E-state index is 13.1. The second-order valence-corrected chi connectivity index (χ2v) is 5.21. The van der Waals surface area contributed by atoms with Gasteiger partial charge in [-0.15, -0.1) is 0 Å². The Morgan fingerprint density at radius 3 is 2.53 bits per heavy atom. The van der Waals surface area contributed by atoms with Gasteiger partial charge in [-0.25, -0.2) is 4.39 Å². The minimum atomic E-state index is -0.303. The van der Waals surface area contributed by atoms with E-state index in [1.807, 2.05) is 24.3 Å². The van der Waals surface area contributed by atoms with Crippen LogP contribution < -0.4 is 10.5 Å². The van der Waals surface area contributed by atoms with E-state index in [1.165, 1.54) is 17.7 Å². The van der Waals surface area contributed by atoms with Crippen molar-refractivity contribution in [2.45, 2.75) is 12.8 Å². The number of anilines is 1. The van der Waals surface area contributed by atoms with E-state index in [2.05, 4.69) is 15.9 Å². The third-order valence-corrected chi connectivity index (χ3v) is 3.15. The van der Waals surface area contributed by atoms with Gasteiger partial charge >= 0.3 is 0 Å². The zero-order valence-electron chi connectivity index (χ0n) is 10.4. The number of halogens is 2. The largest absolute Gasteiger partial charge is 0.493 e. The third kappa shape index (κ3) is 4.56. The lowest BCUT2D eigenvalue weighted by Gasteiger charge is -2.07. The molecule has 0 unspecified atom stereocenters. The first-order chi connectivity index (χ1) is 9.13. The first-order valence-corrected chi connectivity index (χ1v) is 6.86. The van der Waals surface area contributed by atoms with Crippen LogP contribution >= 0.6 is 15.9 Å². The molecule has 0 atom stereocenters. The minimum Gasteiger partial charge on any atom is -0.493 e. The predicted molar refractivity (Wildman–Crippen MR) is 78.8 cm³/mol. The van der Waals surface area contributed by atoms with E-state index < -0.39 is 0 Å². The van der Waals surface area contributed by atoms with Crippen molar-refractivity contribution >= 4 is 21.6 Å². The smallest absolute Gasteiger partial charge is 0.128 e. The number of ether oxygens (including phenoxy) is 1. The molecule has 2 nitrogen and oxygen atoms in total. The van der Waals surface area contributed by atoms with Crippen LogP contribution in [0.25, 0.3) is 0 Å². The maximum Gasteiger partial charge on any atom is 0.128 e. The van der Waals surface area contributed by atoms with E-state index in [-0.39, 0.29) is 5.82 Å². The molecule has 0 bridgehead atoms. The molecule has 2 rings (SSSR count). The van der Waals surface area contributed by atoms with Crippen LogP contribution in [0.5, 0.6) is 5.75 Å². The molecule has 0 saturated carbocycles. The fourth-order valence-electron chi connectivity index (χ4n) is 1.76. The summed E-state index contributed by atoms with van der Waals surface area (Å²) in [5, 5.41) is 0. The Bertz CT molecular complexity index is 522. The van der Waals surface area contributed by atoms with Gasteiger partial charge in [0.2, 0.25) is 0 Å². The fraction of sp³-hybridized carbons (Fsp3) is 0.200. The Labute approximate surface area is 120 Å². The van der Waals surface area contributed by atoms with Gasteiger partial charge in [0.25, 0.3) is 0 Å². The summed E-state index contributed by atoms with van der Waals surface area (Å²) < 4.78 is 19.3. The third-order valence-electron chi connectivity index (χ3n) is 2.69. The molecule has 0 aliphatic rings. The van der Waals surface area contributed by atoms with E-state index >= 15 is 0 Å². The number of hydrogen-bond acceptors (Lipinski definition) is 2. The van der Waals surface area contributed by atoms with Gasteiger partial charge in [-0.1, -0.05) is 28.1 Å². The lowest BCUT2D eigenvalue weighted by molar-refractivity contribution is 0.309. The standard InChI is InChI=1S/C15H15BrFNO/c16-12-8-13(17)10-15(9-12)19-7-1-2-11-3-5-14(18)6-4-11/h3-6,8-10H,1-2,7,18H2. The molecule has 0 heterocycles. The average Bonchev–Trinajstić information content (AvgIpc) is 2.36. The van der Waals surface area contributed by atoms with Gasteiger partial charge < -0.3 is 10.5 Å². The van der Waals surface area contributed by atoms with Gasteiger partial charge in [-0.2, -0.15) is 0 Å². The number of benzene rings is 2. The normalized spacial score (nSPS) is 10.4. The molecule has 0 aliphatic heterocycles. The van der Waals surface area contributed by atoms with Crippen molar-refractivity contribution in [1.82, 2.24) is 0 Å². The maximum absolute atomic E-state index is 13.1. The topological polar surface area (TPSA) is 35.2 Å². The second kappa shape index (κ2) is 6.57. The Morgan fingerprint density at radius 2 is 1.84 bits per heavy atom. The lowest BCUT2D eigenvalue weighted by atomic mass is 10.1. The van der Waals surface area contributed by atoms with E-state index in [0.717, 1.165) is 18.5 Å². The molecule has 0 fully saturated rings. The summed E-state index contributed by atoms with van der Waals surface area (Å²) in [6, 6.07) is 12.3. The first kappa shape index (κ1) is 13.9. The van der Waals surface area contributed by atoms with Crippen molar-refractivity contribution in [1.29, 1.82) is 0 Å². The molecule has 2 aromatic carbocycles. The first-order valence-electron chi connectivity index (χ1n) is 6.07. The summed E-state index contributed by atoms with van der Waals surface area (Å²) >= 11 is 3.23. The molecular formula is C15H15BrFNO. The quantitative estimate of drug-likeness (QED) is 0.661. The van der Waals surface area contributed by atoms with Gasteiger partial charge in [0.05, 0.1) is 6.61 Å². The van der Waals surface area contributed by atoms with E-state index in [0.29, 0.717) is 16.8 Å². The molecule has 0 radical (unpaired) electrons. The molecule has 100 valence electrons. The molecule has 19 heavy (non-hydrogen) atoms. The number of nitrogens with two attached hydrogens (primary N) is 1. The second-order valence-electron chi connectivity index (χ2n) is 4.30. The van der Waals surface area contributed by atoms with Crippen molar-refractivity contribution < 1.29 is 9.13 Å². The SMILES string of the molecule is Nc1ccc(CCCOc2cc(F)cc(Br)c2)cc1. The van der Waals surface area contributed by atoms with Crippen molar-refractivity contribution in [2.75, 3.05) is 12.3 Å². The Kier molecular flexibility index (Phi) is 4.80. The highest BCUT2D eigenvalue weighted by Gasteiger charge is 2.00. The molecule has 0 amide bonds. The van der Waals surface area contributed by atoms with Crippen LogP contribution in [-0.2, 0) is 6.42 Å². The summed E-state index contributed by atoms with van der Waals surface area (Å²) in [7, 11) is 0. The van der Waals surface area contributed by atoms with E-state index in [9.17, 15) is 4.39 Å². The van der Waals surface area contributed by atoms with Crippen LogP contribution in [0.2, 0.25) is 0 Å². The van der Waals surface area contributed by atoms with Crippen LogP contribution in [0.4, 0.5) is 10.1 Å². The number of aryl methyl sites for hydroxylation is 1. The molecule has 0 aliphatic carbocycles. The van der Waals surface area contributed by atoms with Crippen molar-refractivity contribution in [3.63, 3.8) is 0 Å². The van der Waals surface area contributed by atoms with Crippen LogP contribution in [-0.4, -0.2) is 6.61 Å². The number of nitrogen functional groups attached to an aromatic ring is 1. The van der Waals surface area contributed by atoms with E-state index in [1.54, 1.807) is 6.07 Å². The summed E-state index contributed by atoms with van der Waals surface area (Å²) in [4.78, 5) is 0. The van der Waals surface area contributed by atoms with Crippen LogP contribution in [0.15, 0.2) is 46.9 Å². The van der Waals surface area contributed by atoms with Crippen LogP contribution in [0, 0.1) is 5.82 Å². The van der Waals surface area contributed by atoms with Gasteiger partial charge in [0.15, 0.2) is 0 Å². The molecule has 0 spiro atoms. The predicted octanol–water partition coefficient (Wildman–Crippen LogP) is 4.18. The van der Waals surface area contributed by atoms with Gasteiger partial charge in [-0.3, -0.25) is 0 Å². The zero-order valence-corrected chi connectivity index (χ0v) is 12.0.